The molecular weight excluding hydrogens is 346 g/mol. The Morgan fingerprint density at radius 3 is 2.82 bits per heavy atom. The van der Waals surface area contributed by atoms with Gasteiger partial charge in [-0.15, -0.1) is 0 Å². The number of nitrogens with one attached hydrogen (secondary N) is 2. The monoisotopic (exact) mass is 367 g/mol. The number of nitrogens with zero attached hydrogens (tertiary/aromatic N) is 1. The molecule has 1 atom stereocenters. The third kappa shape index (κ3) is 4.30. The minimum Gasteiger partial charge on any atom is -0.346 e. The van der Waals surface area contributed by atoms with E-state index in [4.69, 9.17) is 0 Å². The zero-order chi connectivity index (χ0) is 16.1. The lowest BCUT2D eigenvalue weighted by Crippen LogP contribution is -2.43. The third-order valence-corrected chi connectivity index (χ3v) is 4.54. The number of rotatable bonds is 4. The van der Waals surface area contributed by atoms with Crippen molar-refractivity contribution < 1.29 is 9.59 Å². The van der Waals surface area contributed by atoms with Crippen LogP contribution in [0.4, 0.5) is 5.69 Å². The summed E-state index contributed by atoms with van der Waals surface area (Å²) < 4.78 is 0.938. The molecule has 0 spiro atoms. The first-order valence-electron chi connectivity index (χ1n) is 7.60. The van der Waals surface area contributed by atoms with Gasteiger partial charge < -0.3 is 10.6 Å². The van der Waals surface area contributed by atoms with E-state index in [1.165, 1.54) is 0 Å². The molecule has 1 heterocycles. The standard InChI is InChI=1S/C16H22BrN3O2/c1-3-20-8-4-5-13(20)10-18-15(21)16(22)19-14-7-6-12(17)9-11(14)2/h6-7,9,13H,3-5,8,10H2,1-2H3,(H,18,21)(H,19,22)/t13-/m1/s1. The van der Waals surface area contributed by atoms with E-state index in [-0.39, 0.29) is 0 Å². The van der Waals surface area contributed by atoms with Gasteiger partial charge in [0.15, 0.2) is 0 Å². The molecule has 120 valence electrons. The average molecular weight is 368 g/mol. The van der Waals surface area contributed by atoms with Gasteiger partial charge in [-0.1, -0.05) is 22.9 Å². The van der Waals surface area contributed by atoms with Crippen LogP contribution in [-0.4, -0.2) is 42.4 Å². The van der Waals surface area contributed by atoms with Gasteiger partial charge in [0.25, 0.3) is 0 Å². The maximum Gasteiger partial charge on any atom is 0.313 e. The maximum atomic E-state index is 12.0. The number of amides is 2. The second-order valence-corrected chi connectivity index (χ2v) is 6.46. The van der Waals surface area contributed by atoms with Crippen LogP contribution in [0.1, 0.15) is 25.3 Å². The van der Waals surface area contributed by atoms with Gasteiger partial charge in [-0.05, 0) is 56.6 Å². The van der Waals surface area contributed by atoms with Crippen LogP contribution in [0.25, 0.3) is 0 Å². The molecule has 0 aromatic heterocycles. The van der Waals surface area contributed by atoms with Gasteiger partial charge in [0.1, 0.15) is 0 Å². The van der Waals surface area contributed by atoms with Crippen molar-refractivity contribution in [3.8, 4) is 0 Å². The number of likely N-dealkylation sites (N-methyl/N-ethyl adjacent to an activating group) is 1. The van der Waals surface area contributed by atoms with E-state index in [0.717, 1.165) is 36.0 Å². The Morgan fingerprint density at radius 2 is 2.14 bits per heavy atom. The molecule has 1 saturated heterocycles. The van der Waals surface area contributed by atoms with E-state index in [1.807, 2.05) is 19.1 Å². The Hall–Kier alpha value is -1.40. The fourth-order valence-corrected chi connectivity index (χ4v) is 3.26. The van der Waals surface area contributed by atoms with Gasteiger partial charge in [-0.3, -0.25) is 14.5 Å². The number of carbonyl (C=O) groups excluding carboxylic acids is 2. The molecule has 0 bridgehead atoms. The second kappa shape index (κ2) is 7.74. The van der Waals surface area contributed by atoms with Crippen molar-refractivity contribution in [3.63, 3.8) is 0 Å². The number of benzene rings is 1. The molecule has 1 aliphatic rings. The number of carbonyl (C=O) groups is 2. The molecule has 0 radical (unpaired) electrons. The third-order valence-electron chi connectivity index (χ3n) is 4.05. The smallest absolute Gasteiger partial charge is 0.313 e. The molecule has 0 saturated carbocycles. The van der Waals surface area contributed by atoms with Crippen molar-refractivity contribution in [2.45, 2.75) is 32.7 Å². The van der Waals surface area contributed by atoms with Gasteiger partial charge >= 0.3 is 11.8 Å². The topological polar surface area (TPSA) is 61.4 Å². The highest BCUT2D eigenvalue weighted by atomic mass is 79.9. The lowest BCUT2D eigenvalue weighted by atomic mass is 10.2. The first kappa shape index (κ1) is 17.0. The largest absolute Gasteiger partial charge is 0.346 e. The van der Waals surface area contributed by atoms with Crippen molar-refractivity contribution in [2.75, 3.05) is 25.0 Å². The van der Waals surface area contributed by atoms with Crippen LogP contribution in [0.2, 0.25) is 0 Å². The maximum absolute atomic E-state index is 12.0. The molecule has 0 aliphatic carbocycles. The second-order valence-electron chi connectivity index (χ2n) is 5.55. The van der Waals surface area contributed by atoms with Crippen LogP contribution < -0.4 is 10.6 Å². The van der Waals surface area contributed by atoms with Gasteiger partial charge in [-0.25, -0.2) is 0 Å². The lowest BCUT2D eigenvalue weighted by molar-refractivity contribution is -0.136. The first-order chi connectivity index (χ1) is 10.5. The lowest BCUT2D eigenvalue weighted by Gasteiger charge is -2.22. The minimum atomic E-state index is -0.619. The van der Waals surface area contributed by atoms with E-state index in [9.17, 15) is 9.59 Å². The summed E-state index contributed by atoms with van der Waals surface area (Å²) in [6, 6.07) is 5.85. The molecular formula is C16H22BrN3O2. The number of anilines is 1. The Kier molecular flexibility index (Phi) is 5.97. The van der Waals surface area contributed by atoms with Gasteiger partial charge in [0.05, 0.1) is 0 Å². The van der Waals surface area contributed by atoms with Crippen molar-refractivity contribution in [2.24, 2.45) is 0 Å². The summed E-state index contributed by atoms with van der Waals surface area (Å²) >= 11 is 3.37. The summed E-state index contributed by atoms with van der Waals surface area (Å²) in [6.45, 7) is 6.57. The van der Waals surface area contributed by atoms with Crippen LogP contribution in [0.3, 0.4) is 0 Å². The highest BCUT2D eigenvalue weighted by Crippen LogP contribution is 2.20. The normalized spacial score (nSPS) is 18.2. The zero-order valence-corrected chi connectivity index (χ0v) is 14.6. The predicted molar refractivity (Wildman–Crippen MR) is 90.8 cm³/mol. The Labute approximate surface area is 139 Å². The van der Waals surface area contributed by atoms with Crippen LogP contribution in [0.5, 0.6) is 0 Å². The summed E-state index contributed by atoms with van der Waals surface area (Å²) in [5, 5.41) is 5.39. The number of halogens is 1. The molecule has 5 nitrogen and oxygen atoms in total. The van der Waals surface area contributed by atoms with Gasteiger partial charge in [0.2, 0.25) is 0 Å². The van der Waals surface area contributed by atoms with Gasteiger partial charge in [-0.2, -0.15) is 0 Å². The van der Waals surface area contributed by atoms with E-state index >= 15 is 0 Å². The van der Waals surface area contributed by atoms with Crippen LogP contribution in [0.15, 0.2) is 22.7 Å². The van der Waals surface area contributed by atoms with E-state index in [0.29, 0.717) is 18.3 Å². The fraction of sp³-hybridized carbons (Fsp3) is 0.500. The van der Waals surface area contributed by atoms with Gasteiger partial charge in [0, 0.05) is 22.7 Å². The predicted octanol–water partition coefficient (Wildman–Crippen LogP) is 2.30. The molecule has 2 amide bonds. The van der Waals surface area contributed by atoms with Crippen LogP contribution >= 0.6 is 15.9 Å². The molecule has 1 aromatic carbocycles. The first-order valence-corrected chi connectivity index (χ1v) is 8.40. The van der Waals surface area contributed by atoms with Crippen LogP contribution in [-0.2, 0) is 9.59 Å². The van der Waals surface area contributed by atoms with Crippen molar-refractivity contribution in [3.05, 3.63) is 28.2 Å². The summed E-state index contributed by atoms with van der Waals surface area (Å²) in [7, 11) is 0. The molecule has 2 N–H and O–H groups in total. The number of aryl methyl sites for hydroxylation is 1. The Balaban J connectivity index is 1.85. The number of hydrogen-bond donors (Lipinski definition) is 2. The molecule has 22 heavy (non-hydrogen) atoms. The quantitative estimate of drug-likeness (QED) is 0.802. The molecule has 1 aromatic rings. The van der Waals surface area contributed by atoms with Crippen molar-refractivity contribution in [1.82, 2.24) is 10.2 Å². The molecule has 0 unspecified atom stereocenters. The summed E-state index contributed by atoms with van der Waals surface area (Å²) in [4.78, 5) is 26.2. The highest BCUT2D eigenvalue weighted by Gasteiger charge is 2.24. The Bertz CT molecular complexity index is 562. The summed E-state index contributed by atoms with van der Waals surface area (Å²) in [6.07, 6.45) is 2.22. The van der Waals surface area contributed by atoms with E-state index < -0.39 is 11.8 Å². The number of hydrogen-bond acceptors (Lipinski definition) is 3. The fourth-order valence-electron chi connectivity index (χ4n) is 2.78. The van der Waals surface area contributed by atoms with E-state index in [2.05, 4.69) is 38.4 Å². The summed E-state index contributed by atoms with van der Waals surface area (Å²) in [5.74, 6) is -1.20. The molecule has 6 heteroatoms. The summed E-state index contributed by atoms with van der Waals surface area (Å²) in [5.41, 5.74) is 1.56. The molecule has 1 fully saturated rings. The SMILES string of the molecule is CCN1CCC[C@@H]1CNC(=O)C(=O)Nc1ccc(Br)cc1C. The average Bonchev–Trinajstić information content (AvgIpc) is 2.95. The molecule has 2 rings (SSSR count). The number of likely N-dealkylation sites (tertiary alicyclic amines) is 1. The van der Waals surface area contributed by atoms with Crippen molar-refractivity contribution in [1.29, 1.82) is 0 Å². The minimum absolute atomic E-state index is 0.344. The Morgan fingerprint density at radius 1 is 1.36 bits per heavy atom. The van der Waals surface area contributed by atoms with Crippen molar-refractivity contribution >= 4 is 33.4 Å². The molecule has 1 aliphatic heterocycles. The van der Waals surface area contributed by atoms with E-state index in [1.54, 1.807) is 6.07 Å². The van der Waals surface area contributed by atoms with Crippen LogP contribution in [0, 0.1) is 6.92 Å². The zero-order valence-electron chi connectivity index (χ0n) is 13.0. The highest BCUT2D eigenvalue weighted by molar-refractivity contribution is 9.10.